The van der Waals surface area contributed by atoms with E-state index in [9.17, 15) is 22.8 Å². The first kappa shape index (κ1) is 22.2. The number of carbonyl (C=O) groups excluding carboxylic acids is 3. The molecule has 4 amide bonds. The van der Waals surface area contributed by atoms with Gasteiger partial charge in [-0.05, 0) is 29.3 Å². The zero-order valence-electron chi connectivity index (χ0n) is 17.9. The Balaban J connectivity index is 1.38. The van der Waals surface area contributed by atoms with Crippen LogP contribution in [0.15, 0.2) is 47.4 Å². The summed E-state index contributed by atoms with van der Waals surface area (Å²) in [4.78, 5) is 39.7. The van der Waals surface area contributed by atoms with E-state index >= 15 is 0 Å². The van der Waals surface area contributed by atoms with Crippen molar-refractivity contribution in [1.82, 2.24) is 19.4 Å². The van der Waals surface area contributed by atoms with Gasteiger partial charge in [0.15, 0.2) is 0 Å². The van der Waals surface area contributed by atoms with Crippen LogP contribution in [0.25, 0.3) is 10.8 Å². The van der Waals surface area contributed by atoms with Gasteiger partial charge in [0, 0.05) is 26.2 Å². The number of amides is 4. The molecule has 32 heavy (non-hydrogen) atoms. The normalized spacial score (nSPS) is 20.1. The SMILES string of the molecule is CCCC1NC(=O)N(CC(=O)N2CCN(S(=O)(=O)c3ccc4ccccc4c3)CC2)C1=O. The highest BCUT2D eigenvalue weighted by atomic mass is 32.2. The van der Waals surface area contributed by atoms with Gasteiger partial charge in [-0.25, -0.2) is 13.2 Å². The van der Waals surface area contributed by atoms with Gasteiger partial charge in [0.05, 0.1) is 4.90 Å². The lowest BCUT2D eigenvalue weighted by Gasteiger charge is -2.34. The van der Waals surface area contributed by atoms with E-state index in [2.05, 4.69) is 5.32 Å². The van der Waals surface area contributed by atoms with Gasteiger partial charge in [0.25, 0.3) is 5.91 Å². The number of nitrogens with one attached hydrogen (secondary N) is 1. The summed E-state index contributed by atoms with van der Waals surface area (Å²) in [5.41, 5.74) is 0. The third kappa shape index (κ3) is 4.20. The lowest BCUT2D eigenvalue weighted by atomic mass is 10.1. The fraction of sp³-hybridized carbons (Fsp3) is 0.409. The lowest BCUT2D eigenvalue weighted by Crippen LogP contribution is -2.53. The van der Waals surface area contributed by atoms with Crippen molar-refractivity contribution in [3.05, 3.63) is 42.5 Å². The van der Waals surface area contributed by atoms with Gasteiger partial charge < -0.3 is 10.2 Å². The molecular formula is C22H26N4O5S. The molecule has 170 valence electrons. The summed E-state index contributed by atoms with van der Waals surface area (Å²) >= 11 is 0. The molecule has 0 aromatic heterocycles. The van der Waals surface area contributed by atoms with Crippen molar-refractivity contribution in [2.24, 2.45) is 0 Å². The Morgan fingerprint density at radius 1 is 1.03 bits per heavy atom. The Hall–Kier alpha value is -2.98. The van der Waals surface area contributed by atoms with Crippen molar-refractivity contribution >= 4 is 38.6 Å². The van der Waals surface area contributed by atoms with Gasteiger partial charge in [-0.3, -0.25) is 14.5 Å². The smallest absolute Gasteiger partial charge is 0.325 e. The van der Waals surface area contributed by atoms with E-state index < -0.39 is 22.1 Å². The zero-order valence-corrected chi connectivity index (χ0v) is 18.7. The van der Waals surface area contributed by atoms with E-state index in [0.717, 1.165) is 22.1 Å². The molecule has 1 atom stereocenters. The fourth-order valence-electron chi connectivity index (χ4n) is 4.10. The second-order valence-corrected chi connectivity index (χ2v) is 9.95. The highest BCUT2D eigenvalue weighted by Gasteiger charge is 2.39. The molecule has 2 heterocycles. The summed E-state index contributed by atoms with van der Waals surface area (Å²) in [6.45, 7) is 2.29. The molecule has 1 N–H and O–H groups in total. The average molecular weight is 459 g/mol. The second-order valence-electron chi connectivity index (χ2n) is 8.01. The van der Waals surface area contributed by atoms with E-state index in [-0.39, 0.29) is 49.4 Å². The molecule has 4 rings (SSSR count). The van der Waals surface area contributed by atoms with Crippen molar-refractivity contribution in [3.63, 3.8) is 0 Å². The number of carbonyl (C=O) groups is 3. The minimum Gasteiger partial charge on any atom is -0.338 e. The topological polar surface area (TPSA) is 107 Å². The maximum atomic E-state index is 13.1. The molecule has 1 unspecified atom stereocenters. The van der Waals surface area contributed by atoms with Crippen LogP contribution in [0.4, 0.5) is 4.79 Å². The third-order valence-electron chi connectivity index (χ3n) is 5.93. The maximum Gasteiger partial charge on any atom is 0.325 e. The van der Waals surface area contributed by atoms with Crippen molar-refractivity contribution in [1.29, 1.82) is 0 Å². The average Bonchev–Trinajstić information content (AvgIpc) is 3.06. The predicted octanol–water partition coefficient (Wildman–Crippen LogP) is 1.39. The number of hydrogen-bond acceptors (Lipinski definition) is 5. The molecule has 0 saturated carbocycles. The summed E-state index contributed by atoms with van der Waals surface area (Å²) in [7, 11) is -3.69. The van der Waals surface area contributed by atoms with E-state index in [1.807, 2.05) is 31.2 Å². The van der Waals surface area contributed by atoms with Gasteiger partial charge in [-0.2, -0.15) is 4.31 Å². The van der Waals surface area contributed by atoms with Crippen LogP contribution in [0.2, 0.25) is 0 Å². The van der Waals surface area contributed by atoms with Crippen LogP contribution in [-0.4, -0.2) is 79.1 Å². The van der Waals surface area contributed by atoms with Gasteiger partial charge in [-0.1, -0.05) is 43.7 Å². The molecule has 0 spiro atoms. The second kappa shape index (κ2) is 8.87. The maximum absolute atomic E-state index is 13.1. The van der Waals surface area contributed by atoms with Gasteiger partial charge in [0.1, 0.15) is 12.6 Å². The molecule has 0 aliphatic carbocycles. The van der Waals surface area contributed by atoms with Crippen LogP contribution in [0.5, 0.6) is 0 Å². The zero-order chi connectivity index (χ0) is 22.9. The molecule has 2 saturated heterocycles. The number of urea groups is 1. The van der Waals surface area contributed by atoms with Crippen LogP contribution in [-0.2, 0) is 19.6 Å². The quantitative estimate of drug-likeness (QED) is 0.659. The summed E-state index contributed by atoms with van der Waals surface area (Å²) in [5, 5.41) is 4.41. The Bertz CT molecular complexity index is 1160. The Kier molecular flexibility index (Phi) is 6.16. The molecular weight excluding hydrogens is 432 g/mol. The Morgan fingerprint density at radius 2 is 1.72 bits per heavy atom. The lowest BCUT2D eigenvalue weighted by molar-refractivity contribution is -0.138. The third-order valence-corrected chi connectivity index (χ3v) is 7.82. The van der Waals surface area contributed by atoms with E-state index in [4.69, 9.17) is 0 Å². The van der Waals surface area contributed by atoms with Crippen molar-refractivity contribution in [2.45, 2.75) is 30.7 Å². The highest BCUT2D eigenvalue weighted by Crippen LogP contribution is 2.23. The van der Waals surface area contributed by atoms with E-state index in [1.165, 1.54) is 9.21 Å². The molecule has 10 heteroatoms. The standard InChI is InChI=1S/C22H26N4O5S/c1-2-5-19-21(28)26(22(29)23-19)15-20(27)24-10-12-25(13-11-24)32(30,31)18-9-8-16-6-3-4-7-17(16)14-18/h3-4,6-9,14,19H,2,5,10-13,15H2,1H3,(H,23,29). The van der Waals surface area contributed by atoms with Crippen LogP contribution in [0.3, 0.4) is 0 Å². The predicted molar refractivity (Wildman–Crippen MR) is 118 cm³/mol. The first-order chi connectivity index (χ1) is 15.3. The van der Waals surface area contributed by atoms with Gasteiger partial charge >= 0.3 is 6.03 Å². The minimum atomic E-state index is -3.69. The molecule has 2 fully saturated rings. The number of hydrogen-bond donors (Lipinski definition) is 1. The molecule has 0 bridgehead atoms. The van der Waals surface area contributed by atoms with Gasteiger partial charge in [0.2, 0.25) is 15.9 Å². The number of rotatable bonds is 6. The van der Waals surface area contributed by atoms with Crippen molar-refractivity contribution < 1.29 is 22.8 Å². The summed E-state index contributed by atoms with van der Waals surface area (Å²) in [6, 6.07) is 11.5. The molecule has 9 nitrogen and oxygen atoms in total. The number of sulfonamides is 1. The van der Waals surface area contributed by atoms with Crippen LogP contribution in [0, 0.1) is 0 Å². The van der Waals surface area contributed by atoms with Crippen LogP contribution >= 0.6 is 0 Å². The molecule has 2 aromatic rings. The molecule has 0 radical (unpaired) electrons. The summed E-state index contributed by atoms with van der Waals surface area (Å²) in [6.07, 6.45) is 1.27. The first-order valence-electron chi connectivity index (χ1n) is 10.7. The Labute approximate surface area is 187 Å². The van der Waals surface area contributed by atoms with Crippen molar-refractivity contribution in [2.75, 3.05) is 32.7 Å². The van der Waals surface area contributed by atoms with E-state index in [0.29, 0.717) is 6.42 Å². The summed E-state index contributed by atoms with van der Waals surface area (Å²) < 4.78 is 27.5. The summed E-state index contributed by atoms with van der Waals surface area (Å²) in [5.74, 6) is -0.754. The van der Waals surface area contributed by atoms with Crippen molar-refractivity contribution in [3.8, 4) is 0 Å². The number of nitrogens with zero attached hydrogens (tertiary/aromatic N) is 3. The Morgan fingerprint density at radius 3 is 2.41 bits per heavy atom. The van der Waals surface area contributed by atoms with Crippen LogP contribution in [0.1, 0.15) is 19.8 Å². The van der Waals surface area contributed by atoms with Crippen LogP contribution < -0.4 is 5.32 Å². The fourth-order valence-corrected chi connectivity index (χ4v) is 5.56. The van der Waals surface area contributed by atoms with E-state index in [1.54, 1.807) is 18.2 Å². The van der Waals surface area contributed by atoms with Gasteiger partial charge in [-0.15, -0.1) is 0 Å². The highest BCUT2D eigenvalue weighted by molar-refractivity contribution is 7.89. The monoisotopic (exact) mass is 458 g/mol. The minimum absolute atomic E-state index is 0.152. The number of benzene rings is 2. The molecule has 2 aromatic carbocycles. The number of piperazine rings is 1. The number of imide groups is 1. The molecule has 2 aliphatic rings. The number of fused-ring (bicyclic) bond motifs is 1. The largest absolute Gasteiger partial charge is 0.338 e. The molecule has 2 aliphatic heterocycles. The first-order valence-corrected chi connectivity index (χ1v) is 12.1.